The average molecular weight is 500 g/mol. The standard InChI is InChI=1S/C23H22ClN5O4S/c1-12(2)20-27-28-22(33-20)26-19(30)11-34-23-25-16-10-14(24)6-7-15(16)21(31)29(23)17-9-13(3)5-8-18(17)32-4/h5-10,12H,11H2,1-4H3,(H,26,28,30). The summed E-state index contributed by atoms with van der Waals surface area (Å²) in [5.41, 5.74) is 1.59. The Morgan fingerprint density at radius 2 is 2.03 bits per heavy atom. The maximum Gasteiger partial charge on any atom is 0.322 e. The molecular weight excluding hydrogens is 478 g/mol. The molecule has 2 aromatic heterocycles. The van der Waals surface area contributed by atoms with Gasteiger partial charge in [-0.05, 0) is 42.8 Å². The molecule has 1 N–H and O–H groups in total. The van der Waals surface area contributed by atoms with Crippen molar-refractivity contribution >= 4 is 46.2 Å². The van der Waals surface area contributed by atoms with Crippen LogP contribution in [0.3, 0.4) is 0 Å². The van der Waals surface area contributed by atoms with Gasteiger partial charge in [0.1, 0.15) is 5.75 Å². The van der Waals surface area contributed by atoms with Gasteiger partial charge in [0.15, 0.2) is 5.16 Å². The largest absolute Gasteiger partial charge is 0.495 e. The van der Waals surface area contributed by atoms with E-state index in [0.29, 0.717) is 38.4 Å². The van der Waals surface area contributed by atoms with Gasteiger partial charge in [-0.2, -0.15) is 0 Å². The van der Waals surface area contributed by atoms with Crippen LogP contribution in [-0.4, -0.2) is 38.5 Å². The van der Waals surface area contributed by atoms with Crippen molar-refractivity contribution in [1.29, 1.82) is 0 Å². The Kier molecular flexibility index (Phi) is 6.90. The Bertz CT molecular complexity index is 1430. The number of halogens is 1. The second kappa shape index (κ2) is 9.86. The highest BCUT2D eigenvalue weighted by molar-refractivity contribution is 7.99. The smallest absolute Gasteiger partial charge is 0.322 e. The minimum absolute atomic E-state index is 0.0188. The zero-order valence-corrected chi connectivity index (χ0v) is 20.5. The first-order chi connectivity index (χ1) is 16.3. The maximum absolute atomic E-state index is 13.5. The van der Waals surface area contributed by atoms with Gasteiger partial charge in [-0.25, -0.2) is 4.98 Å². The number of methoxy groups -OCH3 is 1. The van der Waals surface area contributed by atoms with Gasteiger partial charge in [0.25, 0.3) is 5.56 Å². The second-order valence-electron chi connectivity index (χ2n) is 7.81. The lowest BCUT2D eigenvalue weighted by atomic mass is 10.2. The van der Waals surface area contributed by atoms with Gasteiger partial charge in [-0.15, -0.1) is 5.10 Å². The van der Waals surface area contributed by atoms with Gasteiger partial charge in [0.05, 0.1) is 29.5 Å². The lowest BCUT2D eigenvalue weighted by molar-refractivity contribution is -0.113. The summed E-state index contributed by atoms with van der Waals surface area (Å²) in [6.07, 6.45) is 0. The quantitative estimate of drug-likeness (QED) is 0.290. The van der Waals surface area contributed by atoms with E-state index in [2.05, 4.69) is 20.5 Å². The first kappa shape index (κ1) is 23.8. The van der Waals surface area contributed by atoms with Crippen molar-refractivity contribution < 1.29 is 13.9 Å². The molecular formula is C23H22ClN5O4S. The number of aryl methyl sites for hydroxylation is 1. The molecule has 0 fully saturated rings. The maximum atomic E-state index is 13.5. The molecule has 0 unspecified atom stereocenters. The second-order valence-corrected chi connectivity index (χ2v) is 9.19. The number of amides is 1. The van der Waals surface area contributed by atoms with Crippen LogP contribution < -0.4 is 15.6 Å². The normalized spacial score (nSPS) is 11.2. The Hall–Kier alpha value is -3.37. The summed E-state index contributed by atoms with van der Waals surface area (Å²) in [5.74, 6) is 0.538. The third kappa shape index (κ3) is 4.92. The first-order valence-electron chi connectivity index (χ1n) is 10.4. The molecule has 0 bridgehead atoms. The number of anilines is 1. The Morgan fingerprint density at radius 3 is 2.74 bits per heavy atom. The van der Waals surface area contributed by atoms with Crippen LogP contribution in [0, 0.1) is 6.92 Å². The van der Waals surface area contributed by atoms with Crippen LogP contribution in [0.15, 0.2) is 50.8 Å². The molecule has 4 rings (SSSR count). The molecule has 2 aromatic carbocycles. The number of carbonyl (C=O) groups excluding carboxylic acids is 1. The zero-order chi connectivity index (χ0) is 24.4. The van der Waals surface area contributed by atoms with E-state index in [1.807, 2.05) is 32.9 Å². The highest BCUT2D eigenvalue weighted by Crippen LogP contribution is 2.29. The number of rotatable bonds is 7. The fraction of sp³-hybridized carbons (Fsp3) is 0.261. The topological polar surface area (TPSA) is 112 Å². The summed E-state index contributed by atoms with van der Waals surface area (Å²) in [5, 5.41) is 11.5. The van der Waals surface area contributed by atoms with E-state index in [1.54, 1.807) is 24.3 Å². The molecule has 0 spiro atoms. The number of hydrogen-bond acceptors (Lipinski definition) is 8. The minimum Gasteiger partial charge on any atom is -0.495 e. The molecule has 0 aliphatic rings. The molecule has 9 nitrogen and oxygen atoms in total. The number of aromatic nitrogens is 4. The summed E-state index contributed by atoms with van der Waals surface area (Å²) in [4.78, 5) is 30.7. The Labute approximate surface area is 204 Å². The SMILES string of the molecule is COc1ccc(C)cc1-n1c(SCC(=O)Nc2nnc(C(C)C)o2)nc2cc(Cl)ccc2c1=O. The summed E-state index contributed by atoms with van der Waals surface area (Å²) < 4.78 is 12.4. The molecule has 176 valence electrons. The number of ether oxygens (including phenoxy) is 1. The van der Waals surface area contributed by atoms with Gasteiger partial charge in [0, 0.05) is 10.9 Å². The molecule has 0 aliphatic heterocycles. The molecule has 4 aromatic rings. The number of nitrogens with zero attached hydrogens (tertiary/aromatic N) is 4. The van der Waals surface area contributed by atoms with Crippen molar-refractivity contribution in [2.24, 2.45) is 0 Å². The van der Waals surface area contributed by atoms with Gasteiger partial charge < -0.3 is 9.15 Å². The van der Waals surface area contributed by atoms with E-state index >= 15 is 0 Å². The highest BCUT2D eigenvalue weighted by Gasteiger charge is 2.19. The van der Waals surface area contributed by atoms with Crippen LogP contribution in [0.4, 0.5) is 6.01 Å². The third-order valence-electron chi connectivity index (χ3n) is 4.89. The molecule has 0 radical (unpaired) electrons. The number of carbonyl (C=O) groups is 1. The van der Waals surface area contributed by atoms with Crippen LogP contribution in [0.25, 0.3) is 16.6 Å². The predicted octanol–water partition coefficient (Wildman–Crippen LogP) is 4.59. The molecule has 2 heterocycles. The van der Waals surface area contributed by atoms with E-state index in [4.69, 9.17) is 20.8 Å². The lowest BCUT2D eigenvalue weighted by Gasteiger charge is -2.16. The van der Waals surface area contributed by atoms with Crippen LogP contribution in [-0.2, 0) is 4.79 Å². The van der Waals surface area contributed by atoms with Crippen molar-refractivity contribution in [2.75, 3.05) is 18.2 Å². The van der Waals surface area contributed by atoms with Gasteiger partial charge in [-0.1, -0.05) is 48.4 Å². The van der Waals surface area contributed by atoms with Crippen LogP contribution in [0.1, 0.15) is 31.2 Å². The summed E-state index contributed by atoms with van der Waals surface area (Å²) in [7, 11) is 1.53. The summed E-state index contributed by atoms with van der Waals surface area (Å²) >= 11 is 7.22. The third-order valence-corrected chi connectivity index (χ3v) is 6.06. The van der Waals surface area contributed by atoms with Crippen LogP contribution in [0.2, 0.25) is 5.02 Å². The molecule has 11 heteroatoms. The van der Waals surface area contributed by atoms with Gasteiger partial charge in [-0.3, -0.25) is 19.5 Å². The van der Waals surface area contributed by atoms with E-state index in [9.17, 15) is 9.59 Å². The Balaban J connectivity index is 1.72. The highest BCUT2D eigenvalue weighted by atomic mass is 35.5. The number of benzene rings is 2. The first-order valence-corrected chi connectivity index (χ1v) is 11.8. The van der Waals surface area contributed by atoms with Gasteiger partial charge >= 0.3 is 6.01 Å². The molecule has 0 atom stereocenters. The number of thioether (sulfide) groups is 1. The molecule has 34 heavy (non-hydrogen) atoms. The van der Waals surface area contributed by atoms with Crippen molar-refractivity contribution in [2.45, 2.75) is 31.8 Å². The van der Waals surface area contributed by atoms with E-state index in [1.165, 1.54) is 11.7 Å². The number of nitrogens with one attached hydrogen (secondary N) is 1. The van der Waals surface area contributed by atoms with Crippen molar-refractivity contribution in [1.82, 2.24) is 19.7 Å². The zero-order valence-electron chi connectivity index (χ0n) is 19.0. The van der Waals surface area contributed by atoms with Crippen molar-refractivity contribution in [3.05, 3.63) is 63.2 Å². The molecule has 0 saturated carbocycles. The number of hydrogen-bond donors (Lipinski definition) is 1. The van der Waals surface area contributed by atoms with Crippen LogP contribution >= 0.6 is 23.4 Å². The predicted molar refractivity (Wildman–Crippen MR) is 131 cm³/mol. The molecule has 1 amide bonds. The van der Waals surface area contributed by atoms with E-state index < -0.39 is 0 Å². The average Bonchev–Trinajstić information content (AvgIpc) is 3.26. The van der Waals surface area contributed by atoms with Crippen molar-refractivity contribution in [3.63, 3.8) is 0 Å². The monoisotopic (exact) mass is 499 g/mol. The van der Waals surface area contributed by atoms with Gasteiger partial charge in [0.2, 0.25) is 11.8 Å². The number of fused-ring (bicyclic) bond motifs is 1. The lowest BCUT2D eigenvalue weighted by Crippen LogP contribution is -2.23. The molecule has 0 aliphatic carbocycles. The molecule has 0 saturated heterocycles. The fourth-order valence-electron chi connectivity index (χ4n) is 3.23. The van der Waals surface area contributed by atoms with E-state index in [0.717, 1.165) is 17.3 Å². The van der Waals surface area contributed by atoms with Crippen LogP contribution in [0.5, 0.6) is 5.75 Å². The minimum atomic E-state index is -0.382. The fourth-order valence-corrected chi connectivity index (χ4v) is 4.20. The van der Waals surface area contributed by atoms with Crippen molar-refractivity contribution in [3.8, 4) is 11.4 Å². The Morgan fingerprint density at radius 1 is 1.24 bits per heavy atom. The summed E-state index contributed by atoms with van der Waals surface area (Å²) in [6.45, 7) is 5.73. The summed E-state index contributed by atoms with van der Waals surface area (Å²) in [6, 6.07) is 10.4. The van der Waals surface area contributed by atoms with E-state index in [-0.39, 0.29) is 29.2 Å².